The highest BCUT2D eigenvalue weighted by Crippen LogP contribution is 2.21. The van der Waals surface area contributed by atoms with E-state index in [1.54, 1.807) is 6.20 Å². The van der Waals surface area contributed by atoms with Crippen LogP contribution in [-0.2, 0) is 0 Å². The van der Waals surface area contributed by atoms with E-state index in [4.69, 9.17) is 10.00 Å². The van der Waals surface area contributed by atoms with Gasteiger partial charge in [0.05, 0.1) is 0 Å². The van der Waals surface area contributed by atoms with Crippen molar-refractivity contribution >= 4 is 0 Å². The SMILES string of the molecule is Cc1ccnc(OC2CCC(C)NC2)c1C#N. The lowest BCUT2D eigenvalue weighted by molar-refractivity contribution is 0.146. The normalized spacial score (nSPS) is 24.1. The number of rotatable bonds is 2. The minimum atomic E-state index is 0.118. The Balaban J connectivity index is 2.09. The molecule has 1 N–H and O–H groups in total. The maximum Gasteiger partial charge on any atom is 0.232 e. The summed E-state index contributed by atoms with van der Waals surface area (Å²) in [4.78, 5) is 4.15. The number of nitriles is 1. The molecule has 4 nitrogen and oxygen atoms in total. The van der Waals surface area contributed by atoms with Crippen LogP contribution in [0, 0.1) is 18.3 Å². The van der Waals surface area contributed by atoms with Gasteiger partial charge in [-0.3, -0.25) is 0 Å². The number of aryl methyl sites for hydroxylation is 1. The van der Waals surface area contributed by atoms with Crippen molar-refractivity contribution in [2.75, 3.05) is 6.54 Å². The average Bonchev–Trinajstić information content (AvgIpc) is 2.32. The number of ether oxygens (including phenoxy) is 1. The molecule has 2 rings (SSSR count). The maximum atomic E-state index is 9.09. The Kier molecular flexibility index (Phi) is 3.60. The van der Waals surface area contributed by atoms with Crippen molar-refractivity contribution in [3.63, 3.8) is 0 Å². The molecule has 1 fully saturated rings. The summed E-state index contributed by atoms with van der Waals surface area (Å²) in [5.74, 6) is 0.467. The second-order valence-electron chi connectivity index (χ2n) is 4.55. The second kappa shape index (κ2) is 5.15. The predicted octanol–water partition coefficient (Wildman–Crippen LogP) is 1.78. The van der Waals surface area contributed by atoms with Gasteiger partial charge in [-0.2, -0.15) is 5.26 Å². The van der Waals surface area contributed by atoms with Crippen LogP contribution in [0.1, 0.15) is 30.9 Å². The summed E-state index contributed by atoms with van der Waals surface area (Å²) in [5, 5.41) is 12.5. The zero-order valence-corrected chi connectivity index (χ0v) is 10.2. The summed E-state index contributed by atoms with van der Waals surface area (Å²) < 4.78 is 5.81. The summed E-state index contributed by atoms with van der Waals surface area (Å²) in [5.41, 5.74) is 1.46. The molecule has 0 aliphatic carbocycles. The quantitative estimate of drug-likeness (QED) is 0.843. The van der Waals surface area contributed by atoms with Crippen molar-refractivity contribution in [1.82, 2.24) is 10.3 Å². The Morgan fingerprint density at radius 2 is 2.35 bits per heavy atom. The third kappa shape index (κ3) is 2.75. The molecular formula is C13H17N3O. The number of aromatic nitrogens is 1. The number of hydrogen-bond donors (Lipinski definition) is 1. The van der Waals surface area contributed by atoms with Gasteiger partial charge in [0, 0.05) is 18.8 Å². The fourth-order valence-electron chi connectivity index (χ4n) is 1.99. The molecular weight excluding hydrogens is 214 g/mol. The van der Waals surface area contributed by atoms with Crippen molar-refractivity contribution in [3.8, 4) is 11.9 Å². The van der Waals surface area contributed by atoms with Crippen molar-refractivity contribution in [2.24, 2.45) is 0 Å². The zero-order valence-electron chi connectivity index (χ0n) is 10.2. The first-order chi connectivity index (χ1) is 8.20. The maximum absolute atomic E-state index is 9.09. The molecule has 1 aromatic rings. The molecule has 1 saturated heterocycles. The molecule has 4 heteroatoms. The van der Waals surface area contributed by atoms with Crippen molar-refractivity contribution in [1.29, 1.82) is 5.26 Å². The molecule has 1 aromatic heterocycles. The minimum absolute atomic E-state index is 0.118. The smallest absolute Gasteiger partial charge is 0.232 e. The lowest BCUT2D eigenvalue weighted by Crippen LogP contribution is -2.42. The van der Waals surface area contributed by atoms with E-state index in [-0.39, 0.29) is 6.10 Å². The largest absolute Gasteiger partial charge is 0.472 e. The van der Waals surface area contributed by atoms with Gasteiger partial charge in [0.25, 0.3) is 0 Å². The molecule has 2 atom stereocenters. The molecule has 1 aliphatic rings. The van der Waals surface area contributed by atoms with Crippen LogP contribution in [0.25, 0.3) is 0 Å². The van der Waals surface area contributed by atoms with Crippen molar-refractivity contribution in [2.45, 2.75) is 38.8 Å². The Morgan fingerprint density at radius 1 is 1.53 bits per heavy atom. The van der Waals surface area contributed by atoms with Crippen LogP contribution in [0.5, 0.6) is 5.88 Å². The van der Waals surface area contributed by atoms with Gasteiger partial charge in [-0.1, -0.05) is 0 Å². The lowest BCUT2D eigenvalue weighted by atomic mass is 10.0. The van der Waals surface area contributed by atoms with E-state index in [9.17, 15) is 0 Å². The molecule has 2 heterocycles. The summed E-state index contributed by atoms with van der Waals surface area (Å²) in [6.45, 7) is 4.89. The third-order valence-electron chi connectivity index (χ3n) is 3.13. The van der Waals surface area contributed by atoms with Crippen molar-refractivity contribution < 1.29 is 4.74 Å². The first kappa shape index (κ1) is 11.9. The summed E-state index contributed by atoms with van der Waals surface area (Å²) >= 11 is 0. The Bertz CT molecular complexity index is 431. The molecule has 0 saturated carbocycles. The van der Waals surface area contributed by atoms with Gasteiger partial charge in [-0.25, -0.2) is 4.98 Å². The molecule has 1 aliphatic heterocycles. The van der Waals surface area contributed by atoms with E-state index >= 15 is 0 Å². The Hall–Kier alpha value is -1.60. The molecule has 17 heavy (non-hydrogen) atoms. The highest BCUT2D eigenvalue weighted by atomic mass is 16.5. The van der Waals surface area contributed by atoms with E-state index in [1.807, 2.05) is 13.0 Å². The van der Waals surface area contributed by atoms with E-state index in [0.29, 0.717) is 17.5 Å². The molecule has 0 aromatic carbocycles. The minimum Gasteiger partial charge on any atom is -0.472 e. The van der Waals surface area contributed by atoms with Gasteiger partial charge in [-0.15, -0.1) is 0 Å². The number of pyridine rings is 1. The van der Waals surface area contributed by atoms with Crippen LogP contribution >= 0.6 is 0 Å². The number of nitrogens with one attached hydrogen (secondary N) is 1. The first-order valence-corrected chi connectivity index (χ1v) is 5.96. The van der Waals surface area contributed by atoms with Crippen LogP contribution in [-0.4, -0.2) is 23.7 Å². The van der Waals surface area contributed by atoms with E-state index in [0.717, 1.165) is 24.9 Å². The second-order valence-corrected chi connectivity index (χ2v) is 4.55. The molecule has 0 radical (unpaired) electrons. The molecule has 0 bridgehead atoms. The molecule has 0 spiro atoms. The van der Waals surface area contributed by atoms with E-state index in [2.05, 4.69) is 23.3 Å². The lowest BCUT2D eigenvalue weighted by Gasteiger charge is -2.28. The Morgan fingerprint density at radius 3 is 3.00 bits per heavy atom. The number of hydrogen-bond acceptors (Lipinski definition) is 4. The predicted molar refractivity (Wildman–Crippen MR) is 64.8 cm³/mol. The molecule has 2 unspecified atom stereocenters. The summed E-state index contributed by atoms with van der Waals surface area (Å²) in [6, 6.07) is 4.53. The van der Waals surface area contributed by atoms with Crippen molar-refractivity contribution in [3.05, 3.63) is 23.4 Å². The topological polar surface area (TPSA) is 57.9 Å². The van der Waals surface area contributed by atoms with Gasteiger partial charge >= 0.3 is 0 Å². The Labute approximate surface area is 102 Å². The van der Waals surface area contributed by atoms with Crippen LogP contribution in [0.2, 0.25) is 0 Å². The summed E-state index contributed by atoms with van der Waals surface area (Å²) in [7, 11) is 0. The fraction of sp³-hybridized carbons (Fsp3) is 0.538. The van der Waals surface area contributed by atoms with Gasteiger partial charge in [0.15, 0.2) is 0 Å². The highest BCUT2D eigenvalue weighted by Gasteiger charge is 2.20. The zero-order chi connectivity index (χ0) is 12.3. The molecule has 90 valence electrons. The highest BCUT2D eigenvalue weighted by molar-refractivity contribution is 5.43. The average molecular weight is 231 g/mol. The summed E-state index contributed by atoms with van der Waals surface area (Å²) in [6.07, 6.45) is 3.91. The standard InChI is InChI=1S/C13H17N3O/c1-9-5-6-15-13(12(9)7-14)17-11-4-3-10(2)16-8-11/h5-6,10-11,16H,3-4,8H2,1-2H3. The van der Waals surface area contributed by atoms with Crippen LogP contribution < -0.4 is 10.1 Å². The molecule has 0 amide bonds. The van der Waals surface area contributed by atoms with Crippen LogP contribution in [0.3, 0.4) is 0 Å². The number of nitrogens with zero attached hydrogens (tertiary/aromatic N) is 2. The van der Waals surface area contributed by atoms with Gasteiger partial charge in [0.1, 0.15) is 17.7 Å². The fourth-order valence-corrected chi connectivity index (χ4v) is 1.99. The van der Waals surface area contributed by atoms with Crippen LogP contribution in [0.4, 0.5) is 0 Å². The number of piperidine rings is 1. The first-order valence-electron chi connectivity index (χ1n) is 5.96. The van der Waals surface area contributed by atoms with Crippen LogP contribution in [0.15, 0.2) is 12.3 Å². The monoisotopic (exact) mass is 231 g/mol. The van der Waals surface area contributed by atoms with Gasteiger partial charge in [-0.05, 0) is 38.3 Å². The van der Waals surface area contributed by atoms with Gasteiger partial charge in [0.2, 0.25) is 5.88 Å². The third-order valence-corrected chi connectivity index (χ3v) is 3.13. The van der Waals surface area contributed by atoms with E-state index in [1.165, 1.54) is 0 Å². The van der Waals surface area contributed by atoms with E-state index < -0.39 is 0 Å². The van der Waals surface area contributed by atoms with Gasteiger partial charge < -0.3 is 10.1 Å².